The van der Waals surface area contributed by atoms with Gasteiger partial charge in [-0.1, -0.05) is 0 Å². The second kappa shape index (κ2) is 5.05. The first-order valence-corrected chi connectivity index (χ1v) is 5.78. The highest BCUT2D eigenvalue weighted by molar-refractivity contribution is 5.98. The van der Waals surface area contributed by atoms with Crippen molar-refractivity contribution in [2.24, 2.45) is 0 Å². The molecule has 1 fully saturated rings. The number of carboxylic acids is 1. The number of nitrogens with one attached hydrogen (secondary N) is 1. The van der Waals surface area contributed by atoms with E-state index >= 15 is 0 Å². The molecule has 0 radical (unpaired) electrons. The highest BCUT2D eigenvalue weighted by Gasteiger charge is 2.29. The molecule has 7 heteroatoms. The van der Waals surface area contributed by atoms with Gasteiger partial charge in [0.05, 0.1) is 5.56 Å². The number of hydrogen-bond acceptors (Lipinski definition) is 4. The van der Waals surface area contributed by atoms with Crippen molar-refractivity contribution in [1.82, 2.24) is 15.2 Å². The molecule has 2 amide bonds. The summed E-state index contributed by atoms with van der Waals surface area (Å²) >= 11 is 0. The highest BCUT2D eigenvalue weighted by atomic mass is 16.4. The minimum absolute atomic E-state index is 0.124. The number of carboxylic acid groups (broad SMARTS) is 1. The van der Waals surface area contributed by atoms with Crippen LogP contribution in [0.25, 0.3) is 0 Å². The number of aromatic carboxylic acids is 1. The maximum atomic E-state index is 12.2. The summed E-state index contributed by atoms with van der Waals surface area (Å²) in [4.78, 5) is 39.5. The van der Waals surface area contributed by atoms with E-state index in [1.807, 2.05) is 0 Å². The zero-order valence-electron chi connectivity index (χ0n) is 10.3. The number of aromatic nitrogens is 1. The Balaban J connectivity index is 2.19. The number of carbonyl (C=O) groups excluding carboxylic acids is 2. The van der Waals surface area contributed by atoms with Gasteiger partial charge in [0, 0.05) is 19.3 Å². The summed E-state index contributed by atoms with van der Waals surface area (Å²) in [5.41, 5.74) is 0.146. The molecule has 1 aliphatic heterocycles. The van der Waals surface area contributed by atoms with E-state index in [0.717, 1.165) is 0 Å². The normalized spacial score (nSPS) is 18.9. The van der Waals surface area contributed by atoms with Crippen LogP contribution in [0.15, 0.2) is 18.3 Å². The molecule has 0 unspecified atom stereocenters. The third-order valence-electron chi connectivity index (χ3n) is 2.99. The zero-order chi connectivity index (χ0) is 14.0. The molecule has 100 valence electrons. The molecule has 0 bridgehead atoms. The lowest BCUT2D eigenvalue weighted by Gasteiger charge is -2.32. The Hall–Kier alpha value is -2.44. The van der Waals surface area contributed by atoms with E-state index in [-0.39, 0.29) is 23.1 Å². The lowest BCUT2D eigenvalue weighted by Crippen LogP contribution is -2.55. The Bertz CT molecular complexity index is 526. The van der Waals surface area contributed by atoms with Crippen LogP contribution in [-0.2, 0) is 4.79 Å². The summed E-state index contributed by atoms with van der Waals surface area (Å²) in [6.45, 7) is 2.48. The number of amides is 2. The number of pyridine rings is 1. The van der Waals surface area contributed by atoms with Crippen LogP contribution in [0, 0.1) is 0 Å². The second-order valence-electron chi connectivity index (χ2n) is 4.20. The molecule has 1 aromatic heterocycles. The van der Waals surface area contributed by atoms with E-state index in [0.29, 0.717) is 13.1 Å². The number of hydrogen-bond donors (Lipinski definition) is 2. The lowest BCUT2D eigenvalue weighted by atomic mass is 10.1. The molecule has 7 nitrogen and oxygen atoms in total. The second-order valence-corrected chi connectivity index (χ2v) is 4.20. The van der Waals surface area contributed by atoms with Gasteiger partial charge < -0.3 is 15.3 Å². The molecule has 19 heavy (non-hydrogen) atoms. The van der Waals surface area contributed by atoms with E-state index in [2.05, 4.69) is 10.3 Å². The van der Waals surface area contributed by atoms with E-state index in [1.54, 1.807) is 6.92 Å². The SMILES string of the molecule is C[C@H]1C(=O)NCCN1C(=O)c1ccc(C(=O)O)nc1. The minimum atomic E-state index is -1.15. The van der Waals surface area contributed by atoms with E-state index in [1.165, 1.54) is 23.2 Å². The Morgan fingerprint density at radius 1 is 1.47 bits per heavy atom. The van der Waals surface area contributed by atoms with Crippen molar-refractivity contribution in [2.75, 3.05) is 13.1 Å². The van der Waals surface area contributed by atoms with Crippen LogP contribution in [0.1, 0.15) is 27.8 Å². The molecule has 0 aliphatic carbocycles. The lowest BCUT2D eigenvalue weighted by molar-refractivity contribution is -0.127. The van der Waals surface area contributed by atoms with Crippen molar-refractivity contribution in [3.8, 4) is 0 Å². The number of carbonyl (C=O) groups is 3. The standard InChI is InChI=1S/C12H13N3O4/c1-7-10(16)13-4-5-15(7)11(17)8-2-3-9(12(18)19)14-6-8/h2-3,6-7H,4-5H2,1H3,(H,13,16)(H,18,19)/t7-/m0/s1. The molecular weight excluding hydrogens is 250 g/mol. The fourth-order valence-corrected chi connectivity index (χ4v) is 1.87. The molecular formula is C12H13N3O4. The zero-order valence-corrected chi connectivity index (χ0v) is 10.3. The first-order chi connectivity index (χ1) is 9.00. The largest absolute Gasteiger partial charge is 0.477 e. The topological polar surface area (TPSA) is 99.6 Å². The smallest absolute Gasteiger partial charge is 0.354 e. The Morgan fingerprint density at radius 2 is 2.21 bits per heavy atom. The Kier molecular flexibility index (Phi) is 3.46. The molecule has 0 aromatic carbocycles. The minimum Gasteiger partial charge on any atom is -0.477 e. The van der Waals surface area contributed by atoms with Gasteiger partial charge >= 0.3 is 5.97 Å². The van der Waals surface area contributed by atoms with Crippen molar-refractivity contribution in [3.05, 3.63) is 29.6 Å². The molecule has 0 spiro atoms. The number of nitrogens with zero attached hydrogens (tertiary/aromatic N) is 2. The highest BCUT2D eigenvalue weighted by Crippen LogP contribution is 2.11. The third-order valence-corrected chi connectivity index (χ3v) is 2.99. The first kappa shape index (κ1) is 13.0. The van der Waals surface area contributed by atoms with Crippen LogP contribution in [0.3, 0.4) is 0 Å². The molecule has 1 atom stereocenters. The molecule has 1 saturated heterocycles. The van der Waals surface area contributed by atoms with Gasteiger partial charge in [0.2, 0.25) is 5.91 Å². The van der Waals surface area contributed by atoms with Crippen LogP contribution in [0.5, 0.6) is 0 Å². The van der Waals surface area contributed by atoms with E-state index < -0.39 is 12.0 Å². The van der Waals surface area contributed by atoms with Gasteiger partial charge in [0.1, 0.15) is 11.7 Å². The summed E-state index contributed by atoms with van der Waals surface area (Å²) in [6, 6.07) is 2.13. The summed E-state index contributed by atoms with van der Waals surface area (Å²) < 4.78 is 0. The van der Waals surface area contributed by atoms with Crippen LogP contribution in [0.2, 0.25) is 0 Å². The van der Waals surface area contributed by atoms with Gasteiger partial charge in [0.15, 0.2) is 0 Å². The van der Waals surface area contributed by atoms with Crippen molar-refractivity contribution < 1.29 is 19.5 Å². The van der Waals surface area contributed by atoms with Gasteiger partial charge in [-0.2, -0.15) is 0 Å². The predicted molar refractivity (Wildman–Crippen MR) is 64.7 cm³/mol. The average molecular weight is 263 g/mol. The van der Waals surface area contributed by atoms with Crippen LogP contribution in [-0.4, -0.2) is 51.9 Å². The van der Waals surface area contributed by atoms with Crippen molar-refractivity contribution in [3.63, 3.8) is 0 Å². The van der Waals surface area contributed by atoms with E-state index in [4.69, 9.17) is 5.11 Å². The molecule has 1 aliphatic rings. The summed E-state index contributed by atoms with van der Waals surface area (Å²) in [6.07, 6.45) is 1.21. The van der Waals surface area contributed by atoms with Crippen molar-refractivity contribution >= 4 is 17.8 Å². The van der Waals surface area contributed by atoms with Gasteiger partial charge in [-0.15, -0.1) is 0 Å². The Labute approximate surface area is 109 Å². The Morgan fingerprint density at radius 3 is 2.79 bits per heavy atom. The van der Waals surface area contributed by atoms with Gasteiger partial charge in [-0.25, -0.2) is 9.78 Å². The van der Waals surface area contributed by atoms with Gasteiger partial charge in [-0.05, 0) is 19.1 Å². The monoisotopic (exact) mass is 263 g/mol. The van der Waals surface area contributed by atoms with Crippen LogP contribution in [0.4, 0.5) is 0 Å². The summed E-state index contributed by atoms with van der Waals surface area (Å²) in [7, 11) is 0. The quantitative estimate of drug-likeness (QED) is 0.765. The fourth-order valence-electron chi connectivity index (χ4n) is 1.87. The molecule has 2 heterocycles. The first-order valence-electron chi connectivity index (χ1n) is 5.78. The van der Waals surface area contributed by atoms with Crippen molar-refractivity contribution in [1.29, 1.82) is 0 Å². The maximum Gasteiger partial charge on any atom is 0.354 e. The maximum absolute atomic E-state index is 12.2. The fraction of sp³-hybridized carbons (Fsp3) is 0.333. The average Bonchev–Trinajstić information content (AvgIpc) is 2.41. The van der Waals surface area contributed by atoms with Gasteiger partial charge in [0.25, 0.3) is 5.91 Å². The number of piperazine rings is 1. The van der Waals surface area contributed by atoms with E-state index in [9.17, 15) is 14.4 Å². The van der Waals surface area contributed by atoms with Crippen LogP contribution < -0.4 is 5.32 Å². The predicted octanol–water partition coefficient (Wildman–Crippen LogP) is -0.260. The van der Waals surface area contributed by atoms with Gasteiger partial charge in [-0.3, -0.25) is 9.59 Å². The molecule has 0 saturated carbocycles. The number of rotatable bonds is 2. The van der Waals surface area contributed by atoms with Crippen molar-refractivity contribution in [2.45, 2.75) is 13.0 Å². The van der Waals surface area contributed by atoms with Crippen LogP contribution >= 0.6 is 0 Å². The molecule has 1 aromatic rings. The molecule has 2 N–H and O–H groups in total. The summed E-state index contributed by atoms with van der Waals surface area (Å²) in [5, 5.41) is 11.4. The third kappa shape index (κ3) is 2.54. The summed E-state index contributed by atoms with van der Waals surface area (Å²) in [5.74, 6) is -1.67. The molecule has 2 rings (SSSR count).